The minimum Gasteiger partial charge on any atom is -0.340 e. The lowest BCUT2D eigenvalue weighted by Crippen LogP contribution is -2.38. The van der Waals surface area contributed by atoms with Crippen LogP contribution in [0.25, 0.3) is 0 Å². The summed E-state index contributed by atoms with van der Waals surface area (Å²) in [4.78, 5) is 16.8. The average Bonchev–Trinajstić information content (AvgIpc) is 3.15. The molecule has 5 nitrogen and oxygen atoms in total. The van der Waals surface area contributed by atoms with E-state index in [4.69, 9.17) is 0 Å². The lowest BCUT2D eigenvalue weighted by molar-refractivity contribution is 0.0773. The van der Waals surface area contributed by atoms with Gasteiger partial charge in [0.1, 0.15) is 0 Å². The molecule has 1 amide bonds. The predicted octanol–water partition coefficient (Wildman–Crippen LogP) is 2.55. The van der Waals surface area contributed by atoms with E-state index in [2.05, 4.69) is 24.0 Å². The van der Waals surface area contributed by atoms with Crippen LogP contribution in [0.5, 0.6) is 0 Å². The van der Waals surface area contributed by atoms with Crippen LogP contribution in [0.4, 0.5) is 0 Å². The number of nitrogens with zero attached hydrogens (tertiary/aromatic N) is 4. The zero-order chi connectivity index (χ0) is 16.1. The highest BCUT2D eigenvalue weighted by atomic mass is 16.2. The molecule has 0 saturated heterocycles. The Hall–Kier alpha value is -1.36. The first-order valence-corrected chi connectivity index (χ1v) is 8.52. The molecule has 0 spiro atoms. The molecule has 0 aromatic carbocycles. The largest absolute Gasteiger partial charge is 0.340 e. The Morgan fingerprint density at radius 1 is 1.32 bits per heavy atom. The van der Waals surface area contributed by atoms with Gasteiger partial charge in [-0.05, 0) is 33.2 Å². The summed E-state index contributed by atoms with van der Waals surface area (Å²) in [6.07, 6.45) is 8.04. The first-order chi connectivity index (χ1) is 10.5. The van der Waals surface area contributed by atoms with E-state index in [1.165, 1.54) is 25.7 Å². The molecule has 0 unspecified atom stereocenters. The van der Waals surface area contributed by atoms with Crippen molar-refractivity contribution >= 4 is 5.91 Å². The maximum atomic E-state index is 12.6. The second kappa shape index (κ2) is 7.77. The van der Waals surface area contributed by atoms with Crippen LogP contribution in [0.3, 0.4) is 0 Å². The number of carbonyl (C=O) groups is 1. The zero-order valence-electron chi connectivity index (χ0n) is 14.5. The highest BCUT2D eigenvalue weighted by molar-refractivity contribution is 5.94. The summed E-state index contributed by atoms with van der Waals surface area (Å²) >= 11 is 0. The van der Waals surface area contributed by atoms with E-state index in [9.17, 15) is 4.79 Å². The Bertz CT molecular complexity index is 491. The Morgan fingerprint density at radius 3 is 2.64 bits per heavy atom. The first kappa shape index (κ1) is 17.0. The number of hydrogen-bond acceptors (Lipinski definition) is 3. The van der Waals surface area contributed by atoms with Gasteiger partial charge in [0.05, 0.1) is 11.8 Å². The van der Waals surface area contributed by atoms with E-state index in [1.54, 1.807) is 6.20 Å². The Labute approximate surface area is 134 Å². The molecule has 0 N–H and O–H groups in total. The van der Waals surface area contributed by atoms with Crippen molar-refractivity contribution in [2.24, 2.45) is 0 Å². The van der Waals surface area contributed by atoms with Crippen molar-refractivity contribution in [3.05, 3.63) is 17.5 Å². The number of aryl methyl sites for hydroxylation is 1. The molecule has 1 aliphatic rings. The number of carbonyl (C=O) groups excluding carboxylic acids is 1. The summed E-state index contributed by atoms with van der Waals surface area (Å²) in [5, 5.41) is 4.33. The monoisotopic (exact) mass is 306 g/mol. The standard InChI is InChI=1S/C17H30N4O/c1-5-10-21-14(2)16(13-18-21)17(22)20(4)12-11-19(3)15-8-6-7-9-15/h13,15H,5-12H2,1-4H3. The number of likely N-dealkylation sites (N-methyl/N-ethyl adjacent to an activating group) is 2. The summed E-state index contributed by atoms with van der Waals surface area (Å²) in [5.74, 6) is 0.0830. The molecule has 1 aliphatic carbocycles. The molecule has 1 fully saturated rings. The fourth-order valence-electron chi connectivity index (χ4n) is 3.24. The summed E-state index contributed by atoms with van der Waals surface area (Å²) < 4.78 is 1.92. The SMILES string of the molecule is CCCn1ncc(C(=O)N(C)CCN(C)C2CCCC2)c1C. The molecule has 5 heteroatoms. The van der Waals surface area contributed by atoms with Crippen molar-refractivity contribution < 1.29 is 4.79 Å². The fraction of sp³-hybridized carbons (Fsp3) is 0.765. The van der Waals surface area contributed by atoms with Crippen molar-refractivity contribution in [2.45, 2.75) is 58.5 Å². The van der Waals surface area contributed by atoms with Crippen LogP contribution in [0, 0.1) is 6.92 Å². The predicted molar refractivity (Wildman–Crippen MR) is 89.1 cm³/mol. The van der Waals surface area contributed by atoms with Crippen LogP contribution in [0.2, 0.25) is 0 Å². The summed E-state index contributed by atoms with van der Waals surface area (Å²) in [6, 6.07) is 0.706. The van der Waals surface area contributed by atoms with Gasteiger partial charge in [0.2, 0.25) is 0 Å². The van der Waals surface area contributed by atoms with Crippen LogP contribution >= 0.6 is 0 Å². The van der Waals surface area contributed by atoms with Gasteiger partial charge >= 0.3 is 0 Å². The number of amides is 1. The molecule has 0 aliphatic heterocycles. The van der Waals surface area contributed by atoms with Gasteiger partial charge in [-0.15, -0.1) is 0 Å². The molecule has 0 bridgehead atoms. The Kier molecular flexibility index (Phi) is 6.00. The third kappa shape index (κ3) is 3.88. The fourth-order valence-corrected chi connectivity index (χ4v) is 3.24. The van der Waals surface area contributed by atoms with Crippen molar-refractivity contribution in [1.29, 1.82) is 0 Å². The quantitative estimate of drug-likeness (QED) is 0.777. The Morgan fingerprint density at radius 2 is 2.00 bits per heavy atom. The van der Waals surface area contributed by atoms with Crippen molar-refractivity contribution in [3.8, 4) is 0 Å². The van der Waals surface area contributed by atoms with Crippen molar-refractivity contribution in [2.75, 3.05) is 27.2 Å². The topological polar surface area (TPSA) is 41.4 Å². The molecule has 1 aromatic rings. The highest BCUT2D eigenvalue weighted by Gasteiger charge is 2.21. The van der Waals surface area contributed by atoms with Crippen LogP contribution in [0.15, 0.2) is 6.20 Å². The summed E-state index contributed by atoms with van der Waals surface area (Å²) in [6.45, 7) is 6.68. The molecule has 1 heterocycles. The van der Waals surface area contributed by atoms with Gasteiger partial charge in [-0.3, -0.25) is 9.48 Å². The van der Waals surface area contributed by atoms with Gasteiger partial charge in [0.15, 0.2) is 0 Å². The molecule has 22 heavy (non-hydrogen) atoms. The molecule has 2 rings (SSSR count). The van der Waals surface area contributed by atoms with Crippen molar-refractivity contribution in [3.63, 3.8) is 0 Å². The highest BCUT2D eigenvalue weighted by Crippen LogP contribution is 2.22. The molecule has 1 saturated carbocycles. The number of aromatic nitrogens is 2. The Balaban J connectivity index is 1.88. The second-order valence-corrected chi connectivity index (χ2v) is 6.51. The van der Waals surface area contributed by atoms with Gasteiger partial charge in [-0.1, -0.05) is 19.8 Å². The minimum absolute atomic E-state index is 0.0830. The van der Waals surface area contributed by atoms with E-state index < -0.39 is 0 Å². The van der Waals surface area contributed by atoms with Gasteiger partial charge < -0.3 is 9.80 Å². The molecule has 124 valence electrons. The van der Waals surface area contributed by atoms with E-state index in [0.717, 1.165) is 37.3 Å². The lowest BCUT2D eigenvalue weighted by atomic mass is 10.2. The third-order valence-corrected chi connectivity index (χ3v) is 4.85. The molecule has 1 aromatic heterocycles. The normalized spacial score (nSPS) is 15.7. The van der Waals surface area contributed by atoms with E-state index in [1.807, 2.05) is 23.6 Å². The molecule has 0 atom stereocenters. The van der Waals surface area contributed by atoms with Gasteiger partial charge in [0, 0.05) is 38.4 Å². The summed E-state index contributed by atoms with van der Waals surface area (Å²) in [5.41, 5.74) is 1.71. The van der Waals surface area contributed by atoms with Crippen LogP contribution in [-0.4, -0.2) is 58.7 Å². The molecular weight excluding hydrogens is 276 g/mol. The molecule has 0 radical (unpaired) electrons. The van der Waals surface area contributed by atoms with Gasteiger partial charge in [-0.2, -0.15) is 5.10 Å². The van der Waals surface area contributed by atoms with Gasteiger partial charge in [0.25, 0.3) is 5.91 Å². The molecular formula is C17H30N4O. The van der Waals surface area contributed by atoms with Crippen LogP contribution in [-0.2, 0) is 6.54 Å². The summed E-state index contributed by atoms with van der Waals surface area (Å²) in [7, 11) is 4.07. The van der Waals surface area contributed by atoms with E-state index in [0.29, 0.717) is 6.04 Å². The minimum atomic E-state index is 0.0830. The number of hydrogen-bond donors (Lipinski definition) is 0. The van der Waals surface area contributed by atoms with Gasteiger partial charge in [-0.25, -0.2) is 0 Å². The first-order valence-electron chi connectivity index (χ1n) is 8.52. The van der Waals surface area contributed by atoms with Crippen LogP contribution < -0.4 is 0 Å². The lowest BCUT2D eigenvalue weighted by Gasteiger charge is -2.26. The van der Waals surface area contributed by atoms with E-state index in [-0.39, 0.29) is 5.91 Å². The number of rotatable bonds is 7. The van der Waals surface area contributed by atoms with Crippen LogP contribution in [0.1, 0.15) is 55.1 Å². The maximum absolute atomic E-state index is 12.6. The van der Waals surface area contributed by atoms with Crippen molar-refractivity contribution in [1.82, 2.24) is 19.6 Å². The maximum Gasteiger partial charge on any atom is 0.257 e. The average molecular weight is 306 g/mol. The third-order valence-electron chi connectivity index (χ3n) is 4.85. The zero-order valence-corrected chi connectivity index (χ0v) is 14.5. The van der Waals surface area contributed by atoms with E-state index >= 15 is 0 Å². The smallest absolute Gasteiger partial charge is 0.257 e. The second-order valence-electron chi connectivity index (χ2n) is 6.51.